The van der Waals surface area contributed by atoms with Gasteiger partial charge in [-0.3, -0.25) is 10.1 Å². The average Bonchev–Trinajstić information content (AvgIpc) is 2.54. The van der Waals surface area contributed by atoms with Gasteiger partial charge in [0.25, 0.3) is 5.69 Å². The highest BCUT2D eigenvalue weighted by molar-refractivity contribution is 7.89. The van der Waals surface area contributed by atoms with Gasteiger partial charge in [0.2, 0.25) is 10.0 Å². The van der Waals surface area contributed by atoms with Crippen molar-refractivity contribution in [3.8, 4) is 0 Å². The van der Waals surface area contributed by atoms with Gasteiger partial charge in [0.05, 0.1) is 4.92 Å². The van der Waals surface area contributed by atoms with E-state index in [1.54, 1.807) is 34.6 Å². The first-order valence-electron chi connectivity index (χ1n) is 8.59. The molecule has 0 saturated carbocycles. The van der Waals surface area contributed by atoms with E-state index in [-0.39, 0.29) is 18.0 Å². The van der Waals surface area contributed by atoms with Crippen molar-refractivity contribution < 1.29 is 22.9 Å². The molecule has 0 radical (unpaired) electrons. The summed E-state index contributed by atoms with van der Waals surface area (Å²) in [4.78, 5) is 24.0. The van der Waals surface area contributed by atoms with E-state index in [9.17, 15) is 23.3 Å². The summed E-state index contributed by atoms with van der Waals surface area (Å²) in [5.74, 6) is 0. The van der Waals surface area contributed by atoms with Crippen molar-refractivity contribution >= 4 is 21.8 Å². The van der Waals surface area contributed by atoms with Gasteiger partial charge >= 0.3 is 6.09 Å². The van der Waals surface area contributed by atoms with Crippen molar-refractivity contribution in [3.63, 3.8) is 0 Å². The fraction of sp³-hybridized carbons (Fsp3) is 0.588. The van der Waals surface area contributed by atoms with Crippen LogP contribution < -0.4 is 0 Å². The van der Waals surface area contributed by atoms with Crippen LogP contribution in [0.4, 0.5) is 10.5 Å². The van der Waals surface area contributed by atoms with E-state index in [1.165, 1.54) is 27.4 Å². The van der Waals surface area contributed by atoms with Gasteiger partial charge in [-0.05, 0) is 40.7 Å². The molecule has 2 rings (SSSR count). The first-order valence-corrected chi connectivity index (χ1v) is 10.0. The topological polar surface area (TPSA) is 110 Å². The van der Waals surface area contributed by atoms with Crippen molar-refractivity contribution in [2.45, 2.75) is 57.2 Å². The Labute approximate surface area is 159 Å². The van der Waals surface area contributed by atoms with Crippen LogP contribution in [0.15, 0.2) is 29.2 Å². The van der Waals surface area contributed by atoms with Gasteiger partial charge in [0, 0.05) is 31.2 Å². The van der Waals surface area contributed by atoms with Crippen molar-refractivity contribution in [2.75, 3.05) is 13.1 Å². The number of amides is 1. The number of nitro benzene ring substituents is 1. The van der Waals surface area contributed by atoms with Gasteiger partial charge in [-0.2, -0.15) is 4.31 Å². The van der Waals surface area contributed by atoms with Crippen LogP contribution >= 0.6 is 0 Å². The first kappa shape index (κ1) is 21.1. The fourth-order valence-corrected chi connectivity index (χ4v) is 4.82. The monoisotopic (exact) mass is 399 g/mol. The molecule has 1 fully saturated rings. The molecule has 150 valence electrons. The van der Waals surface area contributed by atoms with Gasteiger partial charge in [-0.1, -0.05) is 12.1 Å². The number of nitrogens with zero attached hydrogens (tertiary/aromatic N) is 3. The number of carbonyl (C=O) groups excluding carboxylic acids is 1. The molecule has 1 aliphatic rings. The third-order valence-corrected chi connectivity index (χ3v) is 6.23. The van der Waals surface area contributed by atoms with Gasteiger partial charge in [0.15, 0.2) is 4.90 Å². The molecule has 2 unspecified atom stereocenters. The van der Waals surface area contributed by atoms with E-state index in [1.807, 2.05) is 0 Å². The lowest BCUT2D eigenvalue weighted by atomic mass is 10.1. The quantitative estimate of drug-likeness (QED) is 0.571. The number of ether oxygens (including phenoxy) is 1. The lowest BCUT2D eigenvalue weighted by Gasteiger charge is -2.43. The van der Waals surface area contributed by atoms with Crippen LogP contribution in [0, 0.1) is 10.1 Å². The normalized spacial score (nSPS) is 21.7. The molecule has 0 N–H and O–H groups in total. The zero-order chi connectivity index (χ0) is 20.6. The number of sulfonamides is 1. The predicted molar refractivity (Wildman–Crippen MR) is 98.9 cm³/mol. The van der Waals surface area contributed by atoms with E-state index in [4.69, 9.17) is 4.74 Å². The Bertz CT molecular complexity index is 833. The van der Waals surface area contributed by atoms with Crippen molar-refractivity contribution in [2.24, 2.45) is 0 Å². The maximum atomic E-state index is 13.1. The zero-order valence-electron chi connectivity index (χ0n) is 16.1. The Balaban J connectivity index is 2.29. The Morgan fingerprint density at radius 3 is 2.33 bits per heavy atom. The van der Waals surface area contributed by atoms with Crippen LogP contribution in [0.2, 0.25) is 0 Å². The molecule has 1 aromatic carbocycles. The summed E-state index contributed by atoms with van der Waals surface area (Å²) >= 11 is 0. The van der Waals surface area contributed by atoms with Gasteiger partial charge in [-0.15, -0.1) is 0 Å². The predicted octanol–water partition coefficient (Wildman–Crippen LogP) is 2.61. The fourth-order valence-electron chi connectivity index (χ4n) is 2.96. The summed E-state index contributed by atoms with van der Waals surface area (Å²) in [6, 6.07) is 4.27. The molecular formula is C17H25N3O6S. The largest absolute Gasteiger partial charge is 0.444 e. The number of hydrogen-bond acceptors (Lipinski definition) is 6. The van der Waals surface area contributed by atoms with Crippen LogP contribution in [0.1, 0.15) is 34.6 Å². The summed E-state index contributed by atoms with van der Waals surface area (Å²) in [5.41, 5.74) is -1.12. The minimum Gasteiger partial charge on any atom is -0.444 e. The molecule has 1 aliphatic heterocycles. The molecule has 27 heavy (non-hydrogen) atoms. The Morgan fingerprint density at radius 2 is 1.78 bits per heavy atom. The third-order valence-electron chi connectivity index (χ3n) is 4.21. The second-order valence-corrected chi connectivity index (χ2v) is 9.49. The summed E-state index contributed by atoms with van der Waals surface area (Å²) in [6.07, 6.45) is -0.510. The summed E-state index contributed by atoms with van der Waals surface area (Å²) in [7, 11) is -4.09. The third kappa shape index (κ3) is 4.56. The van der Waals surface area contributed by atoms with Crippen LogP contribution in [-0.4, -0.2) is 59.4 Å². The molecule has 1 aromatic rings. The summed E-state index contributed by atoms with van der Waals surface area (Å²) in [5, 5.41) is 11.2. The standard InChI is InChI=1S/C17H25N3O6S/c1-12-11-19(13(2)10-18(12)16(21)26-17(3,4)5)27(24,25)15-9-7-6-8-14(15)20(22)23/h6-9,12-13H,10-11H2,1-5H3. The number of para-hydroxylation sites is 1. The highest BCUT2D eigenvalue weighted by atomic mass is 32.2. The second kappa shape index (κ2) is 7.43. The molecule has 0 aromatic heterocycles. The molecule has 0 spiro atoms. The van der Waals surface area contributed by atoms with Crippen molar-refractivity contribution in [3.05, 3.63) is 34.4 Å². The van der Waals surface area contributed by atoms with Gasteiger partial charge in [-0.25, -0.2) is 13.2 Å². The lowest BCUT2D eigenvalue weighted by molar-refractivity contribution is -0.387. The van der Waals surface area contributed by atoms with E-state index in [0.717, 1.165) is 6.07 Å². The van der Waals surface area contributed by atoms with Crippen LogP contribution in [0.3, 0.4) is 0 Å². The van der Waals surface area contributed by atoms with Crippen LogP contribution in [-0.2, 0) is 14.8 Å². The molecule has 0 bridgehead atoms. The Hall–Kier alpha value is -2.20. The SMILES string of the molecule is CC1CN(S(=O)(=O)c2ccccc2[N+](=O)[O-])C(C)CN1C(=O)OC(C)(C)C. The minimum absolute atomic E-state index is 0.0226. The van der Waals surface area contributed by atoms with Crippen molar-refractivity contribution in [1.29, 1.82) is 0 Å². The van der Waals surface area contributed by atoms with Gasteiger partial charge < -0.3 is 9.64 Å². The molecule has 0 aliphatic carbocycles. The molecule has 1 saturated heterocycles. The van der Waals surface area contributed by atoms with Crippen LogP contribution in [0.25, 0.3) is 0 Å². The van der Waals surface area contributed by atoms with Crippen molar-refractivity contribution in [1.82, 2.24) is 9.21 Å². The highest BCUT2D eigenvalue weighted by Crippen LogP contribution is 2.30. The second-order valence-electron chi connectivity index (χ2n) is 7.63. The average molecular weight is 399 g/mol. The number of nitro groups is 1. The summed E-state index contributed by atoms with van der Waals surface area (Å²) in [6.45, 7) is 8.81. The Kier molecular flexibility index (Phi) is 5.81. The molecule has 1 heterocycles. The molecule has 2 atom stereocenters. The summed E-state index contributed by atoms with van der Waals surface area (Å²) < 4.78 is 32.7. The van der Waals surface area contributed by atoms with Crippen LogP contribution in [0.5, 0.6) is 0 Å². The maximum Gasteiger partial charge on any atom is 0.410 e. The Morgan fingerprint density at radius 1 is 1.19 bits per heavy atom. The molecular weight excluding hydrogens is 374 g/mol. The first-order chi connectivity index (χ1) is 12.3. The minimum atomic E-state index is -4.09. The zero-order valence-corrected chi connectivity index (χ0v) is 16.9. The van der Waals surface area contributed by atoms with Gasteiger partial charge in [0.1, 0.15) is 5.60 Å². The van der Waals surface area contributed by atoms with E-state index in [0.29, 0.717) is 0 Å². The molecule has 10 heteroatoms. The maximum absolute atomic E-state index is 13.1. The number of hydrogen-bond donors (Lipinski definition) is 0. The highest BCUT2D eigenvalue weighted by Gasteiger charge is 2.42. The molecule has 1 amide bonds. The number of rotatable bonds is 3. The van der Waals surface area contributed by atoms with E-state index in [2.05, 4.69) is 0 Å². The molecule has 9 nitrogen and oxygen atoms in total. The number of benzene rings is 1. The number of carbonyl (C=O) groups is 1. The van der Waals surface area contributed by atoms with E-state index < -0.39 is 44.4 Å². The van der Waals surface area contributed by atoms with E-state index >= 15 is 0 Å². The number of piperazine rings is 1. The smallest absolute Gasteiger partial charge is 0.410 e. The lowest BCUT2D eigenvalue weighted by Crippen LogP contribution is -2.59.